The van der Waals surface area contributed by atoms with Gasteiger partial charge >= 0.3 is 6.03 Å². The summed E-state index contributed by atoms with van der Waals surface area (Å²) in [5.74, 6) is -0.622. The van der Waals surface area contributed by atoms with Crippen LogP contribution in [0.5, 0.6) is 0 Å². The van der Waals surface area contributed by atoms with E-state index < -0.39 is 0 Å². The van der Waals surface area contributed by atoms with Crippen LogP contribution in [0.25, 0.3) is 0 Å². The topological polar surface area (TPSA) is 99.3 Å². The minimum atomic E-state index is -0.341. The van der Waals surface area contributed by atoms with Crippen molar-refractivity contribution in [1.82, 2.24) is 10.6 Å². The van der Waals surface area contributed by atoms with Crippen LogP contribution in [0, 0.1) is 0 Å². The molecule has 164 valence electrons. The lowest BCUT2D eigenvalue weighted by atomic mass is 10.1. The fraction of sp³-hybridized carbons (Fsp3) is 0.125. The number of anilines is 2. The predicted octanol–water partition coefficient (Wildman–Crippen LogP) is 4.70. The van der Waals surface area contributed by atoms with E-state index in [0.717, 1.165) is 10.0 Å². The van der Waals surface area contributed by atoms with Crippen LogP contribution >= 0.6 is 15.9 Å². The Morgan fingerprint density at radius 2 is 1.50 bits per heavy atom. The summed E-state index contributed by atoms with van der Waals surface area (Å²) in [6.07, 6.45) is 0. The average Bonchev–Trinajstić information content (AvgIpc) is 2.78. The van der Waals surface area contributed by atoms with Crippen molar-refractivity contribution in [3.05, 3.63) is 94.5 Å². The van der Waals surface area contributed by atoms with Crippen LogP contribution < -0.4 is 21.3 Å². The molecule has 0 spiro atoms. The molecule has 32 heavy (non-hydrogen) atoms. The van der Waals surface area contributed by atoms with Gasteiger partial charge in [0.1, 0.15) is 0 Å². The van der Waals surface area contributed by atoms with Gasteiger partial charge in [-0.1, -0.05) is 52.3 Å². The number of nitrogens with one attached hydrogen (secondary N) is 4. The van der Waals surface area contributed by atoms with Gasteiger partial charge in [0.05, 0.1) is 12.6 Å². The Balaban J connectivity index is 1.46. The molecule has 0 saturated carbocycles. The summed E-state index contributed by atoms with van der Waals surface area (Å²) in [4.78, 5) is 36.4. The second-order valence-corrected chi connectivity index (χ2v) is 7.97. The SMILES string of the molecule is CC(NC(=O)CNC(=O)c1cccc(Br)c1)c1ccc(NC(=O)Nc2ccccc2)cc1. The number of benzene rings is 3. The van der Waals surface area contributed by atoms with Gasteiger partial charge in [-0.05, 0) is 55.0 Å². The fourth-order valence-corrected chi connectivity index (χ4v) is 3.34. The monoisotopic (exact) mass is 494 g/mol. The van der Waals surface area contributed by atoms with Crippen molar-refractivity contribution in [2.45, 2.75) is 13.0 Å². The third-order valence-electron chi connectivity index (χ3n) is 4.57. The fourth-order valence-electron chi connectivity index (χ4n) is 2.94. The quantitative estimate of drug-likeness (QED) is 0.383. The van der Waals surface area contributed by atoms with Gasteiger partial charge in [0.15, 0.2) is 0 Å². The Hall–Kier alpha value is -3.65. The lowest BCUT2D eigenvalue weighted by molar-refractivity contribution is -0.120. The van der Waals surface area contributed by atoms with Gasteiger partial charge in [0.25, 0.3) is 5.91 Å². The molecule has 0 heterocycles. The Bertz CT molecular complexity index is 1090. The zero-order valence-electron chi connectivity index (χ0n) is 17.4. The molecular weight excluding hydrogens is 472 g/mol. The van der Waals surface area contributed by atoms with E-state index >= 15 is 0 Å². The Morgan fingerprint density at radius 3 is 2.16 bits per heavy atom. The molecule has 8 heteroatoms. The van der Waals surface area contributed by atoms with Crippen LogP contribution in [0.2, 0.25) is 0 Å². The van der Waals surface area contributed by atoms with E-state index in [1.807, 2.05) is 43.3 Å². The molecule has 0 aliphatic carbocycles. The van der Waals surface area contributed by atoms with Crippen molar-refractivity contribution in [3.8, 4) is 0 Å². The number of carbonyl (C=O) groups is 3. The molecule has 7 nitrogen and oxygen atoms in total. The highest BCUT2D eigenvalue weighted by Crippen LogP contribution is 2.17. The van der Waals surface area contributed by atoms with Gasteiger partial charge in [-0.3, -0.25) is 9.59 Å². The summed E-state index contributed by atoms with van der Waals surface area (Å²) in [5.41, 5.74) is 2.66. The molecule has 0 fully saturated rings. The van der Waals surface area contributed by atoms with Crippen LogP contribution in [-0.4, -0.2) is 24.4 Å². The largest absolute Gasteiger partial charge is 0.348 e. The highest BCUT2D eigenvalue weighted by molar-refractivity contribution is 9.10. The van der Waals surface area contributed by atoms with Crippen LogP contribution in [0.15, 0.2) is 83.3 Å². The molecule has 4 N–H and O–H groups in total. The predicted molar refractivity (Wildman–Crippen MR) is 129 cm³/mol. The van der Waals surface area contributed by atoms with Crippen molar-refractivity contribution in [3.63, 3.8) is 0 Å². The standard InChI is InChI=1S/C24H23BrN4O3/c1-16(27-22(30)15-26-23(31)18-6-5-7-19(25)14-18)17-10-12-21(13-11-17)29-24(32)28-20-8-3-2-4-9-20/h2-14,16H,15H2,1H3,(H,26,31)(H,27,30)(H2,28,29,32). The number of para-hydroxylation sites is 1. The van der Waals surface area contributed by atoms with Gasteiger partial charge in [-0.15, -0.1) is 0 Å². The van der Waals surface area contributed by atoms with Crippen molar-refractivity contribution < 1.29 is 14.4 Å². The second-order valence-electron chi connectivity index (χ2n) is 7.05. The van der Waals surface area contributed by atoms with E-state index in [9.17, 15) is 14.4 Å². The van der Waals surface area contributed by atoms with E-state index in [1.165, 1.54) is 0 Å². The van der Waals surface area contributed by atoms with Crippen molar-refractivity contribution >= 4 is 45.2 Å². The van der Waals surface area contributed by atoms with Crippen LogP contribution in [0.3, 0.4) is 0 Å². The zero-order valence-corrected chi connectivity index (χ0v) is 19.0. The Kier molecular flexibility index (Phi) is 7.99. The van der Waals surface area contributed by atoms with Gasteiger partial charge < -0.3 is 21.3 Å². The first-order valence-electron chi connectivity index (χ1n) is 9.97. The van der Waals surface area contributed by atoms with Gasteiger partial charge in [0, 0.05) is 21.4 Å². The Labute approximate surface area is 194 Å². The first-order valence-corrected chi connectivity index (χ1v) is 10.8. The number of amides is 4. The number of halogens is 1. The van der Waals surface area contributed by atoms with E-state index in [2.05, 4.69) is 37.2 Å². The normalized spacial score (nSPS) is 11.2. The van der Waals surface area contributed by atoms with Gasteiger partial charge in [-0.2, -0.15) is 0 Å². The minimum Gasteiger partial charge on any atom is -0.348 e. The first kappa shape index (κ1) is 23.0. The second kappa shape index (κ2) is 11.1. The molecule has 3 aromatic carbocycles. The number of rotatable bonds is 7. The maximum absolute atomic E-state index is 12.2. The first-order chi connectivity index (χ1) is 15.4. The molecule has 0 bridgehead atoms. The maximum Gasteiger partial charge on any atom is 0.323 e. The van der Waals surface area contributed by atoms with E-state index in [4.69, 9.17) is 0 Å². The molecule has 1 atom stereocenters. The van der Waals surface area contributed by atoms with Crippen molar-refractivity contribution in [1.29, 1.82) is 0 Å². The number of hydrogen-bond donors (Lipinski definition) is 4. The molecule has 0 radical (unpaired) electrons. The molecule has 0 aliphatic heterocycles. The molecule has 0 aliphatic rings. The van der Waals surface area contributed by atoms with E-state index in [-0.39, 0.29) is 30.4 Å². The lowest BCUT2D eigenvalue weighted by Gasteiger charge is -2.15. The zero-order chi connectivity index (χ0) is 22.9. The molecule has 1 unspecified atom stereocenters. The summed E-state index contributed by atoms with van der Waals surface area (Å²) in [6.45, 7) is 1.72. The van der Waals surface area contributed by atoms with E-state index in [0.29, 0.717) is 16.9 Å². The highest BCUT2D eigenvalue weighted by atomic mass is 79.9. The summed E-state index contributed by atoms with van der Waals surface area (Å²) in [6, 6.07) is 22.7. The summed E-state index contributed by atoms with van der Waals surface area (Å²) < 4.78 is 0.790. The number of carbonyl (C=O) groups excluding carboxylic acids is 3. The number of urea groups is 1. The van der Waals surface area contributed by atoms with Crippen LogP contribution in [0.4, 0.5) is 16.2 Å². The lowest BCUT2D eigenvalue weighted by Crippen LogP contribution is -2.38. The maximum atomic E-state index is 12.2. The summed E-state index contributed by atoms with van der Waals surface area (Å²) in [7, 11) is 0. The molecular formula is C24H23BrN4O3. The average molecular weight is 495 g/mol. The molecule has 3 rings (SSSR count). The molecule has 0 saturated heterocycles. The van der Waals surface area contributed by atoms with Crippen molar-refractivity contribution in [2.75, 3.05) is 17.2 Å². The smallest absolute Gasteiger partial charge is 0.323 e. The third kappa shape index (κ3) is 6.95. The number of hydrogen-bond acceptors (Lipinski definition) is 3. The van der Waals surface area contributed by atoms with Gasteiger partial charge in [-0.25, -0.2) is 4.79 Å². The summed E-state index contributed by atoms with van der Waals surface area (Å²) in [5, 5.41) is 11.0. The molecule has 4 amide bonds. The highest BCUT2D eigenvalue weighted by Gasteiger charge is 2.12. The molecule has 0 aromatic heterocycles. The van der Waals surface area contributed by atoms with E-state index in [1.54, 1.807) is 42.5 Å². The van der Waals surface area contributed by atoms with Gasteiger partial charge in [0.2, 0.25) is 5.91 Å². The van der Waals surface area contributed by atoms with Crippen LogP contribution in [0.1, 0.15) is 28.9 Å². The van der Waals surface area contributed by atoms with Crippen LogP contribution in [-0.2, 0) is 4.79 Å². The minimum absolute atomic E-state index is 0.130. The summed E-state index contributed by atoms with van der Waals surface area (Å²) >= 11 is 3.32. The Morgan fingerprint density at radius 1 is 0.844 bits per heavy atom. The molecule has 3 aromatic rings. The van der Waals surface area contributed by atoms with Crippen molar-refractivity contribution in [2.24, 2.45) is 0 Å². The third-order valence-corrected chi connectivity index (χ3v) is 5.07.